The van der Waals surface area contributed by atoms with Crippen LogP contribution >= 0.6 is 0 Å². The van der Waals surface area contributed by atoms with E-state index in [4.69, 9.17) is 4.52 Å². The molecule has 0 bridgehead atoms. The van der Waals surface area contributed by atoms with Gasteiger partial charge in [0.2, 0.25) is 0 Å². The summed E-state index contributed by atoms with van der Waals surface area (Å²) in [5.74, 6) is -2.38. The van der Waals surface area contributed by atoms with Crippen LogP contribution in [0, 0.1) is 11.6 Å². The molecule has 0 aliphatic rings. The molecule has 4 rings (SSSR count). The van der Waals surface area contributed by atoms with Gasteiger partial charge in [0.15, 0.2) is 11.5 Å². The van der Waals surface area contributed by atoms with Crippen molar-refractivity contribution in [3.8, 4) is 11.3 Å². The van der Waals surface area contributed by atoms with Crippen molar-refractivity contribution >= 4 is 11.8 Å². The van der Waals surface area contributed by atoms with Crippen LogP contribution in [0.4, 0.5) is 8.78 Å². The number of nitrogens with one attached hydrogen (secondary N) is 2. The molecule has 11 heteroatoms. The lowest BCUT2D eigenvalue weighted by Gasteiger charge is -2.28. The Balaban J connectivity index is 1.57. The predicted octanol–water partition coefficient (Wildman–Crippen LogP) is 2.84. The van der Waals surface area contributed by atoms with Crippen molar-refractivity contribution in [1.29, 1.82) is 0 Å². The van der Waals surface area contributed by atoms with Gasteiger partial charge < -0.3 is 15.2 Å². The molecule has 0 spiro atoms. The average molecular weight is 480 g/mol. The number of hydrogen-bond acceptors (Lipinski definition) is 6. The molecular weight excluding hydrogens is 458 g/mol. The second kappa shape index (κ2) is 9.45. The summed E-state index contributed by atoms with van der Waals surface area (Å²) in [7, 11) is 3.31. The molecule has 180 valence electrons. The summed E-state index contributed by atoms with van der Waals surface area (Å²) in [6, 6.07) is 7.67. The maximum absolute atomic E-state index is 14.1. The van der Waals surface area contributed by atoms with Crippen LogP contribution < -0.4 is 10.6 Å². The maximum Gasteiger partial charge on any atom is 0.273 e. The Bertz CT molecular complexity index is 1380. The minimum Gasteiger partial charge on any atom is -0.355 e. The number of halogens is 2. The summed E-state index contributed by atoms with van der Waals surface area (Å²) < 4.78 is 34.0. The van der Waals surface area contributed by atoms with E-state index in [-0.39, 0.29) is 29.5 Å². The molecule has 4 aromatic rings. The number of amides is 2. The number of benzene rings is 1. The predicted molar refractivity (Wildman–Crippen MR) is 121 cm³/mol. The monoisotopic (exact) mass is 480 g/mol. The van der Waals surface area contributed by atoms with Gasteiger partial charge in [0.05, 0.1) is 28.4 Å². The van der Waals surface area contributed by atoms with Gasteiger partial charge >= 0.3 is 0 Å². The lowest BCUT2D eigenvalue weighted by molar-refractivity contribution is 0.0936. The van der Waals surface area contributed by atoms with Gasteiger partial charge in [-0.25, -0.2) is 8.78 Å². The smallest absolute Gasteiger partial charge is 0.273 e. The summed E-state index contributed by atoms with van der Waals surface area (Å²) in [4.78, 5) is 29.2. The fraction of sp³-hybridized carbons (Fsp3) is 0.208. The lowest BCUT2D eigenvalue weighted by atomic mass is 9.80. The number of carbonyl (C=O) groups is 2. The standard InChI is InChI=1S/C24H22F2N6O3/c1-24(15-11-30-32(3)12-15,21-7-4-14(10-28-21)22(33)27-2)13-29-23(34)19-9-20(35-31-19)17-6-5-16(25)8-18(17)26/h4-12H,13H2,1-3H3,(H,27,33)(H,29,34). The lowest BCUT2D eigenvalue weighted by Crippen LogP contribution is -2.40. The minimum atomic E-state index is -0.830. The van der Waals surface area contributed by atoms with E-state index in [1.54, 1.807) is 30.1 Å². The van der Waals surface area contributed by atoms with Crippen LogP contribution in [0.25, 0.3) is 11.3 Å². The highest BCUT2D eigenvalue weighted by Crippen LogP contribution is 2.30. The molecule has 3 heterocycles. The molecule has 0 saturated carbocycles. The Labute approximate surface area is 199 Å². The quantitative estimate of drug-likeness (QED) is 0.420. The number of rotatable bonds is 7. The van der Waals surface area contributed by atoms with E-state index in [9.17, 15) is 18.4 Å². The van der Waals surface area contributed by atoms with E-state index < -0.39 is 23.0 Å². The highest BCUT2D eigenvalue weighted by atomic mass is 19.1. The number of aromatic nitrogens is 4. The van der Waals surface area contributed by atoms with Crippen LogP contribution in [-0.2, 0) is 12.5 Å². The number of pyridine rings is 1. The third kappa shape index (κ3) is 4.79. The van der Waals surface area contributed by atoms with Gasteiger partial charge in [-0.1, -0.05) is 5.16 Å². The molecule has 0 radical (unpaired) electrons. The van der Waals surface area contributed by atoms with E-state index in [1.807, 2.05) is 13.1 Å². The molecule has 3 aromatic heterocycles. The first-order chi connectivity index (χ1) is 16.7. The molecule has 2 N–H and O–H groups in total. The van der Waals surface area contributed by atoms with Crippen molar-refractivity contribution in [1.82, 2.24) is 30.6 Å². The molecule has 1 aromatic carbocycles. The summed E-state index contributed by atoms with van der Waals surface area (Å²) in [6.45, 7) is 1.99. The van der Waals surface area contributed by atoms with Gasteiger partial charge in [-0.2, -0.15) is 5.10 Å². The van der Waals surface area contributed by atoms with Crippen molar-refractivity contribution in [3.63, 3.8) is 0 Å². The van der Waals surface area contributed by atoms with E-state index in [0.717, 1.165) is 17.7 Å². The van der Waals surface area contributed by atoms with Crippen molar-refractivity contribution in [3.05, 3.63) is 89.1 Å². The number of carbonyl (C=O) groups excluding carboxylic acids is 2. The Kier molecular flexibility index (Phi) is 6.41. The summed E-state index contributed by atoms with van der Waals surface area (Å²) in [5.41, 5.74) is 0.902. The number of hydrogen-bond donors (Lipinski definition) is 2. The molecule has 0 fully saturated rings. The Hall–Kier alpha value is -4.41. The molecule has 0 aliphatic heterocycles. The van der Waals surface area contributed by atoms with Crippen molar-refractivity contribution in [2.24, 2.45) is 7.05 Å². The van der Waals surface area contributed by atoms with Crippen molar-refractivity contribution in [2.45, 2.75) is 12.3 Å². The highest BCUT2D eigenvalue weighted by Gasteiger charge is 2.33. The largest absolute Gasteiger partial charge is 0.355 e. The van der Waals surface area contributed by atoms with Gasteiger partial charge in [-0.15, -0.1) is 0 Å². The van der Waals surface area contributed by atoms with Crippen LogP contribution in [-0.4, -0.2) is 45.3 Å². The maximum atomic E-state index is 14.1. The van der Waals surface area contributed by atoms with E-state index in [1.165, 1.54) is 25.4 Å². The Morgan fingerprint density at radius 1 is 1.11 bits per heavy atom. The van der Waals surface area contributed by atoms with Gasteiger partial charge in [0.25, 0.3) is 11.8 Å². The molecule has 0 saturated heterocycles. The molecular formula is C24H22F2N6O3. The van der Waals surface area contributed by atoms with Crippen molar-refractivity contribution in [2.75, 3.05) is 13.6 Å². The fourth-order valence-corrected chi connectivity index (χ4v) is 3.59. The van der Waals surface area contributed by atoms with Crippen LogP contribution in [0.1, 0.15) is 39.0 Å². The van der Waals surface area contributed by atoms with Crippen LogP contribution in [0.2, 0.25) is 0 Å². The molecule has 1 atom stereocenters. The highest BCUT2D eigenvalue weighted by molar-refractivity contribution is 5.94. The van der Waals surface area contributed by atoms with Crippen molar-refractivity contribution < 1.29 is 22.9 Å². The zero-order valence-electron chi connectivity index (χ0n) is 19.2. The molecule has 9 nitrogen and oxygen atoms in total. The second-order valence-corrected chi connectivity index (χ2v) is 8.13. The zero-order chi connectivity index (χ0) is 25.2. The van der Waals surface area contributed by atoms with Gasteiger partial charge in [-0.05, 0) is 31.2 Å². The normalized spacial score (nSPS) is 12.7. The van der Waals surface area contributed by atoms with E-state index in [2.05, 4.69) is 25.9 Å². The van der Waals surface area contributed by atoms with E-state index in [0.29, 0.717) is 11.3 Å². The summed E-state index contributed by atoms with van der Waals surface area (Å²) >= 11 is 0. The second-order valence-electron chi connectivity index (χ2n) is 8.13. The van der Waals surface area contributed by atoms with Crippen LogP contribution in [0.3, 0.4) is 0 Å². The molecule has 1 unspecified atom stereocenters. The zero-order valence-corrected chi connectivity index (χ0v) is 19.2. The van der Waals surface area contributed by atoms with Crippen LogP contribution in [0.15, 0.2) is 59.5 Å². The summed E-state index contributed by atoms with van der Waals surface area (Å²) in [5, 5.41) is 13.3. The van der Waals surface area contributed by atoms with Gasteiger partial charge in [0, 0.05) is 50.7 Å². The van der Waals surface area contributed by atoms with Crippen LogP contribution in [0.5, 0.6) is 0 Å². The number of aryl methyl sites for hydroxylation is 1. The number of nitrogens with zero attached hydrogens (tertiary/aromatic N) is 4. The minimum absolute atomic E-state index is 0.00544. The average Bonchev–Trinajstić information content (AvgIpc) is 3.52. The molecule has 0 aliphatic carbocycles. The third-order valence-corrected chi connectivity index (χ3v) is 5.70. The van der Waals surface area contributed by atoms with E-state index >= 15 is 0 Å². The molecule has 35 heavy (non-hydrogen) atoms. The first-order valence-corrected chi connectivity index (χ1v) is 10.6. The summed E-state index contributed by atoms with van der Waals surface area (Å²) in [6.07, 6.45) is 4.95. The third-order valence-electron chi connectivity index (χ3n) is 5.70. The SMILES string of the molecule is CNC(=O)c1ccc(C(C)(CNC(=O)c2cc(-c3ccc(F)cc3F)on2)c2cnn(C)c2)nc1. The van der Waals surface area contributed by atoms with Gasteiger partial charge in [-0.3, -0.25) is 19.3 Å². The first-order valence-electron chi connectivity index (χ1n) is 10.6. The van der Waals surface area contributed by atoms with Gasteiger partial charge in [0.1, 0.15) is 11.6 Å². The first kappa shape index (κ1) is 23.7. The topological polar surface area (TPSA) is 115 Å². The Morgan fingerprint density at radius 3 is 2.54 bits per heavy atom. The fourth-order valence-electron chi connectivity index (χ4n) is 3.59. The Morgan fingerprint density at radius 2 is 1.91 bits per heavy atom. The molecule has 2 amide bonds.